The van der Waals surface area contributed by atoms with Crippen LogP contribution in [0.3, 0.4) is 0 Å². The Morgan fingerprint density at radius 3 is 1.10 bits per heavy atom. The molecule has 19 nitrogen and oxygen atoms in total. The van der Waals surface area contributed by atoms with Gasteiger partial charge in [0.15, 0.2) is 18.9 Å². The summed E-state index contributed by atoms with van der Waals surface area (Å²) in [4.78, 5) is 13.3. The molecule has 3 rings (SSSR count). The number of hydrogen-bond acceptors (Lipinski definition) is 18. The largest absolute Gasteiger partial charge is 0.394 e. The van der Waals surface area contributed by atoms with E-state index in [1.807, 2.05) is 0 Å². The first-order valence-electron chi connectivity index (χ1n) is 31.8. The molecule has 3 fully saturated rings. The smallest absolute Gasteiger partial charge is 0.220 e. The van der Waals surface area contributed by atoms with Crippen molar-refractivity contribution in [2.45, 2.75) is 349 Å². The molecule has 1 amide bonds. The molecule has 79 heavy (non-hydrogen) atoms. The predicted octanol–water partition coefficient (Wildman–Crippen LogP) is 6.38. The van der Waals surface area contributed by atoms with Gasteiger partial charge in [-0.05, 0) is 12.8 Å². The maximum Gasteiger partial charge on any atom is 0.220 e. The van der Waals surface area contributed by atoms with Crippen LogP contribution in [0.5, 0.6) is 0 Å². The van der Waals surface area contributed by atoms with Crippen molar-refractivity contribution < 1.29 is 89.4 Å². The van der Waals surface area contributed by atoms with E-state index in [1.54, 1.807) is 0 Å². The fourth-order valence-electron chi connectivity index (χ4n) is 11.2. The highest BCUT2D eigenvalue weighted by molar-refractivity contribution is 5.76. The molecule has 468 valence electrons. The number of aliphatic hydroxyl groups is 11. The summed E-state index contributed by atoms with van der Waals surface area (Å²) in [6, 6.07) is -0.879. The Bertz CT molecular complexity index is 1450. The minimum Gasteiger partial charge on any atom is -0.394 e. The van der Waals surface area contributed by atoms with E-state index in [4.69, 9.17) is 28.4 Å². The van der Waals surface area contributed by atoms with Crippen molar-refractivity contribution in [1.82, 2.24) is 5.32 Å². The van der Waals surface area contributed by atoms with Crippen molar-refractivity contribution in [3.63, 3.8) is 0 Å². The minimum atomic E-state index is -1.97. The Morgan fingerprint density at radius 2 is 0.722 bits per heavy atom. The Morgan fingerprint density at radius 1 is 0.405 bits per heavy atom. The van der Waals surface area contributed by atoms with Gasteiger partial charge in [-0.2, -0.15) is 0 Å². The second-order valence-electron chi connectivity index (χ2n) is 23.2. The fourth-order valence-corrected chi connectivity index (χ4v) is 11.2. The lowest BCUT2D eigenvalue weighted by Crippen LogP contribution is -2.66. The molecule has 19 heteroatoms. The molecular weight excluding hydrogens is 1020 g/mol. The summed E-state index contributed by atoms with van der Waals surface area (Å²) >= 11 is 0. The van der Waals surface area contributed by atoms with E-state index in [0.717, 1.165) is 44.9 Å². The molecular formula is C60H115NO18. The zero-order valence-electron chi connectivity index (χ0n) is 48.9. The summed E-state index contributed by atoms with van der Waals surface area (Å²) in [5.74, 6) is -0.241. The average molecular weight is 1140 g/mol. The van der Waals surface area contributed by atoms with Crippen molar-refractivity contribution in [1.29, 1.82) is 0 Å². The molecule has 0 radical (unpaired) electrons. The summed E-state index contributed by atoms with van der Waals surface area (Å²) in [6.07, 6.45) is 16.3. The number of carbonyl (C=O) groups is 1. The molecule has 17 atom stereocenters. The highest BCUT2D eigenvalue weighted by Gasteiger charge is 2.53. The molecule has 0 saturated carbocycles. The molecule has 3 aliphatic heterocycles. The highest BCUT2D eigenvalue weighted by atomic mass is 16.8. The van der Waals surface area contributed by atoms with Crippen LogP contribution in [-0.4, -0.2) is 193 Å². The van der Waals surface area contributed by atoms with Gasteiger partial charge in [0.2, 0.25) is 5.91 Å². The Kier molecular flexibility index (Phi) is 40.4. The topological polar surface area (TPSA) is 307 Å². The highest BCUT2D eigenvalue weighted by Crippen LogP contribution is 2.33. The Labute approximate surface area is 474 Å². The molecule has 0 aromatic rings. The van der Waals surface area contributed by atoms with Crippen LogP contribution in [0.25, 0.3) is 0 Å². The number of carbonyl (C=O) groups excluding carboxylic acids is 1. The van der Waals surface area contributed by atoms with E-state index in [-0.39, 0.29) is 18.9 Å². The van der Waals surface area contributed by atoms with Crippen LogP contribution in [0, 0.1) is 0 Å². The molecule has 0 bridgehead atoms. The van der Waals surface area contributed by atoms with Gasteiger partial charge in [-0.3, -0.25) is 4.79 Å². The van der Waals surface area contributed by atoms with Gasteiger partial charge < -0.3 is 89.9 Å². The van der Waals surface area contributed by atoms with Crippen LogP contribution in [0.15, 0.2) is 0 Å². The second-order valence-corrected chi connectivity index (χ2v) is 23.2. The average Bonchev–Trinajstić information content (AvgIpc) is 3.54. The predicted molar refractivity (Wildman–Crippen MR) is 300 cm³/mol. The van der Waals surface area contributed by atoms with Crippen molar-refractivity contribution in [2.75, 3.05) is 26.4 Å². The summed E-state index contributed by atoms with van der Waals surface area (Å²) in [6.45, 7) is 1.80. The van der Waals surface area contributed by atoms with E-state index in [1.165, 1.54) is 167 Å². The molecule has 3 aliphatic rings. The summed E-state index contributed by atoms with van der Waals surface area (Å²) in [5.41, 5.74) is 0. The monoisotopic (exact) mass is 1140 g/mol. The molecule has 12 N–H and O–H groups in total. The van der Waals surface area contributed by atoms with Gasteiger partial charge in [0.05, 0.1) is 38.6 Å². The first-order valence-corrected chi connectivity index (χ1v) is 31.8. The summed E-state index contributed by atoms with van der Waals surface area (Å²) in [7, 11) is 0. The van der Waals surface area contributed by atoms with Crippen molar-refractivity contribution in [3.05, 3.63) is 0 Å². The van der Waals surface area contributed by atoms with Crippen molar-refractivity contribution in [2.24, 2.45) is 0 Å². The maximum absolute atomic E-state index is 13.3. The van der Waals surface area contributed by atoms with Crippen molar-refractivity contribution >= 4 is 5.91 Å². The lowest BCUT2D eigenvalue weighted by molar-refractivity contribution is -0.379. The molecule has 0 aliphatic carbocycles. The first-order chi connectivity index (χ1) is 38.3. The number of nitrogens with one attached hydrogen (secondary N) is 1. The van der Waals surface area contributed by atoms with Crippen LogP contribution in [-0.2, 0) is 33.2 Å². The third-order valence-corrected chi connectivity index (χ3v) is 16.4. The number of amides is 1. The molecule has 17 unspecified atom stereocenters. The number of aliphatic hydroxyl groups excluding tert-OH is 11. The van der Waals surface area contributed by atoms with Gasteiger partial charge in [-0.15, -0.1) is 0 Å². The number of hydrogen-bond donors (Lipinski definition) is 12. The zero-order chi connectivity index (χ0) is 57.6. The van der Waals surface area contributed by atoms with Crippen LogP contribution in [0.2, 0.25) is 0 Å². The van der Waals surface area contributed by atoms with Gasteiger partial charge in [-0.1, -0.05) is 226 Å². The van der Waals surface area contributed by atoms with Crippen LogP contribution < -0.4 is 5.32 Å². The molecule has 3 saturated heterocycles. The van der Waals surface area contributed by atoms with Crippen LogP contribution in [0.1, 0.15) is 245 Å². The number of ether oxygens (including phenoxy) is 6. The van der Waals surface area contributed by atoms with E-state index >= 15 is 0 Å². The lowest BCUT2D eigenvalue weighted by atomic mass is 9.96. The Hall–Kier alpha value is -1.21. The molecule has 3 heterocycles. The first kappa shape index (κ1) is 72.1. The van der Waals surface area contributed by atoms with Gasteiger partial charge in [0.1, 0.15) is 73.2 Å². The quantitative estimate of drug-likeness (QED) is 0.0294. The fraction of sp³-hybridized carbons (Fsp3) is 0.983. The normalized spacial score (nSPS) is 30.2. The SMILES string of the molecule is CCCCCCCCCCCCCCCCCCCCCCCCCC(O)C(COC1OC(CO)C(OC2OC(CO)C(OC3OC(CO)C(O)C(O)C3O)C(O)C2O)C(O)C1O)NC(=O)CCCCCCCCCCCCC. The van der Waals surface area contributed by atoms with Gasteiger partial charge in [-0.25, -0.2) is 0 Å². The summed E-state index contributed by atoms with van der Waals surface area (Å²) < 4.78 is 34.3. The Balaban J connectivity index is 1.44. The number of rotatable bonds is 48. The van der Waals surface area contributed by atoms with E-state index < -0.39 is 124 Å². The zero-order valence-corrected chi connectivity index (χ0v) is 48.9. The van der Waals surface area contributed by atoms with Gasteiger partial charge >= 0.3 is 0 Å². The molecule has 0 aromatic carbocycles. The van der Waals surface area contributed by atoms with Gasteiger partial charge in [0, 0.05) is 6.42 Å². The van der Waals surface area contributed by atoms with E-state index in [0.29, 0.717) is 12.8 Å². The maximum atomic E-state index is 13.3. The van der Waals surface area contributed by atoms with Crippen molar-refractivity contribution in [3.8, 4) is 0 Å². The minimum absolute atomic E-state index is 0.241. The van der Waals surface area contributed by atoms with E-state index in [9.17, 15) is 61.0 Å². The lowest BCUT2D eigenvalue weighted by Gasteiger charge is -2.48. The second kappa shape index (κ2) is 44.3. The number of unbranched alkanes of at least 4 members (excludes halogenated alkanes) is 32. The van der Waals surface area contributed by atoms with E-state index in [2.05, 4.69) is 19.2 Å². The van der Waals surface area contributed by atoms with Gasteiger partial charge in [0.25, 0.3) is 0 Å². The van der Waals surface area contributed by atoms with Crippen LogP contribution in [0.4, 0.5) is 0 Å². The summed E-state index contributed by atoms with van der Waals surface area (Å²) in [5, 5.41) is 120. The third kappa shape index (κ3) is 28.0. The molecule has 0 spiro atoms. The molecule has 0 aromatic heterocycles. The third-order valence-electron chi connectivity index (χ3n) is 16.4. The van der Waals surface area contributed by atoms with Crippen LogP contribution >= 0.6 is 0 Å². The standard InChI is InChI=1S/C60H115NO18/c1-3-5-7-9-11-13-15-16-17-18-19-20-21-22-23-24-25-26-28-29-31-33-35-37-44(65)43(61-48(66)38-36-34-32-30-27-14-12-10-8-6-4-2)42-74-58-54(72)51(69)56(46(40-63)76-58)79-60-55(73)52(70)57(47(41-64)77-60)78-59-53(71)50(68)49(67)45(39-62)75-59/h43-47,49-60,62-65,67-73H,3-42H2,1-2H3,(H,61,66).